The van der Waals surface area contributed by atoms with Crippen LogP contribution in [0.5, 0.6) is 5.75 Å². The van der Waals surface area contributed by atoms with Gasteiger partial charge >= 0.3 is 5.97 Å². The first-order valence-electron chi connectivity index (χ1n) is 5.29. The van der Waals surface area contributed by atoms with Gasteiger partial charge in [-0.25, -0.2) is 0 Å². The van der Waals surface area contributed by atoms with Gasteiger partial charge < -0.3 is 9.84 Å². The van der Waals surface area contributed by atoms with Crippen molar-refractivity contribution in [1.29, 1.82) is 0 Å². The molecule has 0 unspecified atom stereocenters. The van der Waals surface area contributed by atoms with Crippen LogP contribution in [0.2, 0.25) is 0 Å². The molecular weight excluding hydrogens is 220 g/mol. The third-order valence-electron chi connectivity index (χ3n) is 2.53. The van der Waals surface area contributed by atoms with E-state index in [4.69, 9.17) is 9.84 Å². The maximum atomic E-state index is 10.9. The standard InChI is InChI=1S/C13H16O4/c1-9-5-4-6-10(7-14)11(9)17-8-13(2,3)12(15)16/h4-7H,8H2,1-3H3,(H,15,16). The molecule has 0 spiro atoms. The van der Waals surface area contributed by atoms with E-state index in [-0.39, 0.29) is 6.61 Å². The third kappa shape index (κ3) is 3.06. The molecule has 0 aliphatic heterocycles. The third-order valence-corrected chi connectivity index (χ3v) is 2.53. The maximum absolute atomic E-state index is 10.9. The number of carbonyl (C=O) groups excluding carboxylic acids is 1. The molecule has 0 saturated heterocycles. The largest absolute Gasteiger partial charge is 0.491 e. The molecule has 17 heavy (non-hydrogen) atoms. The summed E-state index contributed by atoms with van der Waals surface area (Å²) in [5.41, 5.74) is 0.268. The van der Waals surface area contributed by atoms with Gasteiger partial charge in [-0.2, -0.15) is 0 Å². The van der Waals surface area contributed by atoms with Crippen molar-refractivity contribution in [2.75, 3.05) is 6.61 Å². The Hall–Kier alpha value is -1.84. The summed E-state index contributed by atoms with van der Waals surface area (Å²) < 4.78 is 5.47. The Balaban J connectivity index is 2.89. The lowest BCUT2D eigenvalue weighted by atomic mass is 9.95. The van der Waals surface area contributed by atoms with Gasteiger partial charge in [-0.15, -0.1) is 0 Å². The van der Waals surface area contributed by atoms with E-state index in [0.29, 0.717) is 17.6 Å². The van der Waals surface area contributed by atoms with Gasteiger partial charge in [-0.05, 0) is 32.4 Å². The van der Waals surface area contributed by atoms with Crippen LogP contribution in [0.1, 0.15) is 29.8 Å². The van der Waals surface area contributed by atoms with Crippen LogP contribution in [0, 0.1) is 12.3 Å². The van der Waals surface area contributed by atoms with Crippen molar-refractivity contribution in [3.8, 4) is 5.75 Å². The number of aldehydes is 1. The monoisotopic (exact) mass is 236 g/mol. The fourth-order valence-electron chi connectivity index (χ4n) is 1.28. The number of aliphatic carboxylic acids is 1. The van der Waals surface area contributed by atoms with E-state index < -0.39 is 11.4 Å². The molecule has 0 saturated carbocycles. The summed E-state index contributed by atoms with van der Waals surface area (Å²) in [6.07, 6.45) is 0.704. The van der Waals surface area contributed by atoms with Gasteiger partial charge in [0.15, 0.2) is 6.29 Å². The number of carbonyl (C=O) groups is 2. The molecule has 0 radical (unpaired) electrons. The molecule has 0 bridgehead atoms. The first kappa shape index (κ1) is 13.2. The van der Waals surface area contributed by atoms with E-state index in [0.717, 1.165) is 5.56 Å². The average molecular weight is 236 g/mol. The molecule has 1 aromatic rings. The molecule has 0 heterocycles. The van der Waals surface area contributed by atoms with Gasteiger partial charge in [-0.3, -0.25) is 9.59 Å². The molecule has 1 N–H and O–H groups in total. The lowest BCUT2D eigenvalue weighted by Gasteiger charge is -2.21. The summed E-state index contributed by atoms with van der Waals surface area (Å²) in [6, 6.07) is 5.22. The molecule has 0 aliphatic carbocycles. The van der Waals surface area contributed by atoms with Crippen LogP contribution < -0.4 is 4.74 Å². The van der Waals surface area contributed by atoms with E-state index in [1.54, 1.807) is 26.0 Å². The fourth-order valence-corrected chi connectivity index (χ4v) is 1.28. The van der Waals surface area contributed by atoms with Crippen molar-refractivity contribution in [2.24, 2.45) is 5.41 Å². The quantitative estimate of drug-likeness (QED) is 0.797. The van der Waals surface area contributed by atoms with E-state index in [1.165, 1.54) is 0 Å². The molecule has 92 valence electrons. The van der Waals surface area contributed by atoms with E-state index >= 15 is 0 Å². The van der Waals surface area contributed by atoms with Crippen molar-refractivity contribution in [2.45, 2.75) is 20.8 Å². The van der Waals surface area contributed by atoms with Crippen LogP contribution in [0.25, 0.3) is 0 Å². The number of para-hydroxylation sites is 1. The molecule has 1 rings (SSSR count). The zero-order chi connectivity index (χ0) is 13.1. The molecular formula is C13H16O4. The van der Waals surface area contributed by atoms with Gasteiger partial charge in [0.25, 0.3) is 0 Å². The predicted molar refractivity (Wildman–Crippen MR) is 63.5 cm³/mol. The molecule has 0 amide bonds. The van der Waals surface area contributed by atoms with Crippen LogP contribution in [-0.2, 0) is 4.79 Å². The summed E-state index contributed by atoms with van der Waals surface area (Å²) in [5.74, 6) is -0.476. The summed E-state index contributed by atoms with van der Waals surface area (Å²) in [5, 5.41) is 8.97. The summed E-state index contributed by atoms with van der Waals surface area (Å²) >= 11 is 0. The second-order valence-electron chi connectivity index (χ2n) is 4.59. The number of aryl methyl sites for hydroxylation is 1. The second-order valence-corrected chi connectivity index (χ2v) is 4.59. The molecule has 4 nitrogen and oxygen atoms in total. The molecule has 0 aromatic heterocycles. The fraction of sp³-hybridized carbons (Fsp3) is 0.385. The highest BCUT2D eigenvalue weighted by Crippen LogP contribution is 2.25. The highest BCUT2D eigenvalue weighted by Gasteiger charge is 2.28. The van der Waals surface area contributed by atoms with Crippen molar-refractivity contribution < 1.29 is 19.4 Å². The van der Waals surface area contributed by atoms with Gasteiger partial charge in [0, 0.05) is 0 Å². The number of hydrogen-bond donors (Lipinski definition) is 1. The lowest BCUT2D eigenvalue weighted by Crippen LogP contribution is -2.31. The van der Waals surface area contributed by atoms with Crippen molar-refractivity contribution in [3.05, 3.63) is 29.3 Å². The normalized spacial score (nSPS) is 11.0. The highest BCUT2D eigenvalue weighted by molar-refractivity contribution is 5.80. The SMILES string of the molecule is Cc1cccc(C=O)c1OCC(C)(C)C(=O)O. The van der Waals surface area contributed by atoms with Crippen LogP contribution in [-0.4, -0.2) is 24.0 Å². The minimum Gasteiger partial charge on any atom is -0.491 e. The lowest BCUT2D eigenvalue weighted by molar-refractivity contribution is -0.148. The number of carboxylic acids is 1. The average Bonchev–Trinajstić information content (AvgIpc) is 2.26. The van der Waals surface area contributed by atoms with Crippen molar-refractivity contribution >= 4 is 12.3 Å². The van der Waals surface area contributed by atoms with Crippen LogP contribution in [0.3, 0.4) is 0 Å². The van der Waals surface area contributed by atoms with Crippen molar-refractivity contribution in [1.82, 2.24) is 0 Å². The Morgan fingerprint density at radius 2 is 2.12 bits per heavy atom. The Bertz CT molecular complexity index is 435. The second kappa shape index (κ2) is 4.99. The van der Waals surface area contributed by atoms with Crippen LogP contribution in [0.15, 0.2) is 18.2 Å². The van der Waals surface area contributed by atoms with Crippen LogP contribution in [0.4, 0.5) is 0 Å². The van der Waals surface area contributed by atoms with Gasteiger partial charge in [0.1, 0.15) is 12.4 Å². The molecule has 0 fully saturated rings. The zero-order valence-corrected chi connectivity index (χ0v) is 10.2. The van der Waals surface area contributed by atoms with Gasteiger partial charge in [0.05, 0.1) is 11.0 Å². The Labute approximate surface area is 100 Å². The number of rotatable bonds is 5. The molecule has 0 atom stereocenters. The number of hydrogen-bond acceptors (Lipinski definition) is 3. The Kier molecular flexibility index (Phi) is 3.89. The van der Waals surface area contributed by atoms with Crippen LogP contribution >= 0.6 is 0 Å². The van der Waals surface area contributed by atoms with E-state index in [1.807, 2.05) is 13.0 Å². The van der Waals surface area contributed by atoms with E-state index in [9.17, 15) is 9.59 Å². The summed E-state index contributed by atoms with van der Waals surface area (Å²) in [7, 11) is 0. The Morgan fingerprint density at radius 3 is 2.65 bits per heavy atom. The highest BCUT2D eigenvalue weighted by atomic mass is 16.5. The van der Waals surface area contributed by atoms with Gasteiger partial charge in [0.2, 0.25) is 0 Å². The Morgan fingerprint density at radius 1 is 1.47 bits per heavy atom. The van der Waals surface area contributed by atoms with Gasteiger partial charge in [-0.1, -0.05) is 12.1 Å². The number of benzene rings is 1. The topological polar surface area (TPSA) is 63.6 Å². The summed E-state index contributed by atoms with van der Waals surface area (Å²) in [4.78, 5) is 21.8. The molecule has 0 aliphatic rings. The smallest absolute Gasteiger partial charge is 0.312 e. The number of carboxylic acid groups (broad SMARTS) is 1. The number of ether oxygens (including phenoxy) is 1. The maximum Gasteiger partial charge on any atom is 0.312 e. The molecule has 4 heteroatoms. The molecule has 1 aromatic carbocycles. The predicted octanol–water partition coefficient (Wildman–Crippen LogP) is 2.30. The first-order chi connectivity index (χ1) is 7.88. The minimum absolute atomic E-state index is 0.0219. The summed E-state index contributed by atoms with van der Waals surface area (Å²) in [6.45, 7) is 4.99. The van der Waals surface area contributed by atoms with E-state index in [2.05, 4.69) is 0 Å². The zero-order valence-electron chi connectivity index (χ0n) is 10.2. The van der Waals surface area contributed by atoms with Crippen molar-refractivity contribution in [3.63, 3.8) is 0 Å². The minimum atomic E-state index is -0.984. The first-order valence-corrected chi connectivity index (χ1v) is 5.29.